The fraction of sp³-hybridized carbons (Fsp3) is 0.231. The van der Waals surface area contributed by atoms with E-state index < -0.39 is 10.0 Å². The Bertz CT molecular complexity index is 749. The van der Waals surface area contributed by atoms with Crippen LogP contribution in [-0.2, 0) is 23.0 Å². The molecule has 3 heterocycles. The minimum atomic E-state index is -3.51. The molecule has 1 aliphatic rings. The summed E-state index contributed by atoms with van der Waals surface area (Å²) >= 11 is 3.25. The summed E-state index contributed by atoms with van der Waals surface area (Å²) in [5.74, 6) is 0. The van der Waals surface area contributed by atoms with Crippen LogP contribution < -0.4 is 0 Å². The van der Waals surface area contributed by atoms with Gasteiger partial charge >= 0.3 is 0 Å². The SMILES string of the molecule is O=S(=O)(c1cncc(Br)c1)N1CCc2ncccc2C1. The molecule has 0 atom stereocenters. The van der Waals surface area contributed by atoms with E-state index >= 15 is 0 Å². The Morgan fingerprint density at radius 1 is 1.30 bits per heavy atom. The first kappa shape index (κ1) is 13.7. The van der Waals surface area contributed by atoms with Crippen LogP contribution in [0.25, 0.3) is 0 Å². The highest BCUT2D eigenvalue weighted by atomic mass is 79.9. The molecule has 2 aromatic heterocycles. The van der Waals surface area contributed by atoms with E-state index in [4.69, 9.17) is 0 Å². The van der Waals surface area contributed by atoms with E-state index in [2.05, 4.69) is 25.9 Å². The molecule has 1 aliphatic heterocycles. The van der Waals surface area contributed by atoms with Gasteiger partial charge in [0.05, 0.1) is 0 Å². The molecule has 0 N–H and O–H groups in total. The lowest BCUT2D eigenvalue weighted by molar-refractivity contribution is 0.387. The van der Waals surface area contributed by atoms with Crippen molar-refractivity contribution in [3.8, 4) is 0 Å². The van der Waals surface area contributed by atoms with Crippen LogP contribution in [0.3, 0.4) is 0 Å². The molecule has 104 valence electrons. The molecule has 0 unspecified atom stereocenters. The first-order valence-corrected chi connectivity index (χ1v) is 8.34. The number of pyridine rings is 2. The fourth-order valence-electron chi connectivity index (χ4n) is 2.23. The van der Waals surface area contributed by atoms with Crippen LogP contribution in [0.4, 0.5) is 0 Å². The number of hydrogen-bond acceptors (Lipinski definition) is 4. The second-order valence-corrected chi connectivity index (χ2v) is 7.39. The van der Waals surface area contributed by atoms with Gasteiger partial charge < -0.3 is 0 Å². The van der Waals surface area contributed by atoms with Gasteiger partial charge in [-0.25, -0.2) is 8.42 Å². The molecule has 0 aromatic carbocycles. The highest BCUT2D eigenvalue weighted by Crippen LogP contribution is 2.24. The van der Waals surface area contributed by atoms with Crippen LogP contribution >= 0.6 is 15.9 Å². The summed E-state index contributed by atoms with van der Waals surface area (Å²) in [4.78, 5) is 8.41. The van der Waals surface area contributed by atoms with E-state index in [1.165, 1.54) is 10.5 Å². The minimum Gasteiger partial charge on any atom is -0.262 e. The zero-order valence-corrected chi connectivity index (χ0v) is 12.9. The van der Waals surface area contributed by atoms with Crippen molar-refractivity contribution in [2.24, 2.45) is 0 Å². The molecule has 5 nitrogen and oxygen atoms in total. The smallest absolute Gasteiger partial charge is 0.244 e. The summed E-state index contributed by atoms with van der Waals surface area (Å²) in [6, 6.07) is 5.32. The Balaban J connectivity index is 1.94. The number of halogens is 1. The minimum absolute atomic E-state index is 0.208. The van der Waals surface area contributed by atoms with Crippen molar-refractivity contribution >= 4 is 26.0 Å². The quantitative estimate of drug-likeness (QED) is 0.828. The first-order valence-electron chi connectivity index (χ1n) is 6.11. The molecule has 0 amide bonds. The van der Waals surface area contributed by atoms with Crippen LogP contribution in [0.1, 0.15) is 11.3 Å². The summed E-state index contributed by atoms with van der Waals surface area (Å²) in [6.07, 6.45) is 5.31. The zero-order valence-electron chi connectivity index (χ0n) is 10.5. The van der Waals surface area contributed by atoms with Crippen LogP contribution in [0.15, 0.2) is 46.2 Å². The Hall–Kier alpha value is -1.31. The van der Waals surface area contributed by atoms with Crippen molar-refractivity contribution < 1.29 is 8.42 Å². The molecule has 0 radical (unpaired) electrons. The fourth-order valence-corrected chi connectivity index (χ4v) is 4.15. The molecule has 2 aromatic rings. The zero-order chi connectivity index (χ0) is 14.2. The molecule has 0 bridgehead atoms. The van der Waals surface area contributed by atoms with E-state index in [1.807, 2.05) is 12.1 Å². The standard InChI is InChI=1S/C13H12BrN3O2S/c14-11-6-12(8-15-7-11)20(18,19)17-5-3-13-10(9-17)2-1-4-16-13/h1-2,4,6-8H,3,5,9H2. The van der Waals surface area contributed by atoms with Crippen LogP contribution in [-0.4, -0.2) is 29.2 Å². The predicted molar refractivity (Wildman–Crippen MR) is 77.5 cm³/mol. The molecule has 3 rings (SSSR count). The normalized spacial score (nSPS) is 15.8. The molecular weight excluding hydrogens is 342 g/mol. The third kappa shape index (κ3) is 2.48. The lowest BCUT2D eigenvalue weighted by atomic mass is 10.1. The van der Waals surface area contributed by atoms with Crippen LogP contribution in [0.2, 0.25) is 0 Å². The summed E-state index contributed by atoms with van der Waals surface area (Å²) in [5, 5.41) is 0. The average molecular weight is 354 g/mol. The van der Waals surface area contributed by atoms with Crippen molar-refractivity contribution in [1.29, 1.82) is 0 Å². The molecule has 0 saturated heterocycles. The first-order chi connectivity index (χ1) is 9.57. The lowest BCUT2D eigenvalue weighted by Gasteiger charge is -2.27. The van der Waals surface area contributed by atoms with E-state index in [9.17, 15) is 8.42 Å². The third-order valence-electron chi connectivity index (χ3n) is 3.25. The van der Waals surface area contributed by atoms with Gasteiger partial charge in [-0.15, -0.1) is 0 Å². The second kappa shape index (κ2) is 5.23. The summed E-state index contributed by atoms with van der Waals surface area (Å²) in [5.41, 5.74) is 1.94. The number of fused-ring (bicyclic) bond motifs is 1. The van der Waals surface area contributed by atoms with Gasteiger partial charge in [-0.05, 0) is 33.6 Å². The summed E-state index contributed by atoms with van der Waals surface area (Å²) in [6.45, 7) is 0.802. The number of sulfonamides is 1. The number of hydrogen-bond donors (Lipinski definition) is 0. The second-order valence-electron chi connectivity index (χ2n) is 4.54. The molecule has 0 aliphatic carbocycles. The number of nitrogens with zero attached hydrogens (tertiary/aromatic N) is 3. The van der Waals surface area contributed by atoms with E-state index in [0.717, 1.165) is 11.3 Å². The predicted octanol–water partition coefficient (Wildman–Crippen LogP) is 1.99. The Morgan fingerprint density at radius 3 is 2.95 bits per heavy atom. The van der Waals surface area contributed by atoms with E-state index in [1.54, 1.807) is 18.5 Å². The van der Waals surface area contributed by atoms with Crippen molar-refractivity contribution in [2.45, 2.75) is 17.9 Å². The van der Waals surface area contributed by atoms with Crippen molar-refractivity contribution in [1.82, 2.24) is 14.3 Å². The summed E-state index contributed by atoms with van der Waals surface area (Å²) < 4.78 is 27.3. The molecule has 0 spiro atoms. The monoisotopic (exact) mass is 353 g/mol. The highest BCUT2D eigenvalue weighted by molar-refractivity contribution is 9.10. The van der Waals surface area contributed by atoms with Crippen LogP contribution in [0.5, 0.6) is 0 Å². The Kier molecular flexibility index (Phi) is 3.57. The van der Waals surface area contributed by atoms with Gasteiger partial charge in [-0.1, -0.05) is 6.07 Å². The molecule has 0 fully saturated rings. The maximum absolute atomic E-state index is 12.6. The molecule has 7 heteroatoms. The van der Waals surface area contributed by atoms with Crippen molar-refractivity contribution in [3.05, 3.63) is 52.5 Å². The number of aromatic nitrogens is 2. The van der Waals surface area contributed by atoms with Gasteiger partial charge in [0.25, 0.3) is 0 Å². The van der Waals surface area contributed by atoms with Gasteiger partial charge in [0.15, 0.2) is 0 Å². The van der Waals surface area contributed by atoms with Gasteiger partial charge in [0.1, 0.15) is 4.90 Å². The van der Waals surface area contributed by atoms with Crippen molar-refractivity contribution in [3.63, 3.8) is 0 Å². The largest absolute Gasteiger partial charge is 0.262 e. The summed E-state index contributed by atoms with van der Waals surface area (Å²) in [7, 11) is -3.51. The van der Waals surface area contributed by atoms with Crippen LogP contribution in [0, 0.1) is 0 Å². The molecular formula is C13H12BrN3O2S. The Labute approximate surface area is 125 Å². The van der Waals surface area contributed by atoms with Gasteiger partial charge in [0, 0.05) is 48.3 Å². The van der Waals surface area contributed by atoms with Gasteiger partial charge in [-0.2, -0.15) is 4.31 Å². The van der Waals surface area contributed by atoms with Gasteiger partial charge in [-0.3, -0.25) is 9.97 Å². The highest BCUT2D eigenvalue weighted by Gasteiger charge is 2.28. The topological polar surface area (TPSA) is 63.2 Å². The third-order valence-corrected chi connectivity index (χ3v) is 5.49. The van der Waals surface area contributed by atoms with E-state index in [-0.39, 0.29) is 4.90 Å². The maximum Gasteiger partial charge on any atom is 0.244 e. The molecule has 20 heavy (non-hydrogen) atoms. The Morgan fingerprint density at radius 2 is 2.15 bits per heavy atom. The van der Waals surface area contributed by atoms with E-state index in [0.29, 0.717) is 24.0 Å². The average Bonchev–Trinajstić information content (AvgIpc) is 2.46. The molecule has 0 saturated carbocycles. The maximum atomic E-state index is 12.6. The lowest BCUT2D eigenvalue weighted by Crippen LogP contribution is -2.36. The number of rotatable bonds is 2. The van der Waals surface area contributed by atoms with Crippen molar-refractivity contribution in [2.75, 3.05) is 6.54 Å². The van der Waals surface area contributed by atoms with Gasteiger partial charge in [0.2, 0.25) is 10.0 Å².